The van der Waals surface area contributed by atoms with Gasteiger partial charge in [0.05, 0.1) is 0 Å². The molecule has 2 aromatic rings. The van der Waals surface area contributed by atoms with Crippen molar-refractivity contribution in [3.05, 3.63) is 48.0 Å². The van der Waals surface area contributed by atoms with Gasteiger partial charge in [0.25, 0.3) is 0 Å². The predicted molar refractivity (Wildman–Crippen MR) is 78.8 cm³/mol. The number of carboxylic acid groups (broad SMARTS) is 1. The van der Waals surface area contributed by atoms with E-state index in [4.69, 9.17) is 15.6 Å². The quantitative estimate of drug-likeness (QED) is 0.838. The largest absolute Gasteiger partial charge is 0.479 e. The van der Waals surface area contributed by atoms with E-state index in [2.05, 4.69) is 0 Å². The Labute approximate surface area is 117 Å². The van der Waals surface area contributed by atoms with E-state index < -0.39 is 12.1 Å². The van der Waals surface area contributed by atoms with Gasteiger partial charge in [-0.15, -0.1) is 0 Å². The number of aliphatic carboxylic acids is 1. The Kier molecular flexibility index (Phi) is 3.94. The van der Waals surface area contributed by atoms with Gasteiger partial charge < -0.3 is 15.6 Å². The highest BCUT2D eigenvalue weighted by Crippen LogP contribution is 2.27. The van der Waals surface area contributed by atoms with Crippen LogP contribution in [-0.2, 0) is 4.79 Å². The normalized spacial score (nSPS) is 11.9. The van der Waals surface area contributed by atoms with Crippen LogP contribution in [0.4, 0.5) is 5.69 Å². The molecule has 3 N–H and O–H groups in total. The first kappa shape index (κ1) is 13.9. The smallest absolute Gasteiger partial charge is 0.344 e. The fourth-order valence-corrected chi connectivity index (χ4v) is 1.92. The van der Waals surface area contributed by atoms with Crippen LogP contribution in [0.2, 0.25) is 0 Å². The van der Waals surface area contributed by atoms with Crippen molar-refractivity contribution in [1.82, 2.24) is 0 Å². The van der Waals surface area contributed by atoms with Crippen LogP contribution in [0.1, 0.15) is 12.5 Å². The first-order valence-electron chi connectivity index (χ1n) is 6.33. The third-order valence-corrected chi connectivity index (χ3v) is 3.09. The van der Waals surface area contributed by atoms with Crippen LogP contribution < -0.4 is 10.5 Å². The van der Waals surface area contributed by atoms with Crippen LogP contribution in [0, 0.1) is 6.92 Å². The number of benzene rings is 2. The average Bonchev–Trinajstić information content (AvgIpc) is 2.42. The second-order valence-electron chi connectivity index (χ2n) is 4.70. The predicted octanol–water partition coefficient (Wildman–Crippen LogP) is 3.10. The molecule has 0 radical (unpaired) electrons. The van der Waals surface area contributed by atoms with E-state index in [-0.39, 0.29) is 0 Å². The molecule has 0 aromatic heterocycles. The van der Waals surface area contributed by atoms with Crippen LogP contribution in [0.5, 0.6) is 5.75 Å². The minimum atomic E-state index is -0.985. The molecule has 1 unspecified atom stereocenters. The highest BCUT2D eigenvalue weighted by molar-refractivity contribution is 5.73. The van der Waals surface area contributed by atoms with Gasteiger partial charge in [0.15, 0.2) is 6.10 Å². The summed E-state index contributed by atoms with van der Waals surface area (Å²) in [5.41, 5.74) is 9.73. The first-order chi connectivity index (χ1) is 9.47. The van der Waals surface area contributed by atoms with E-state index >= 15 is 0 Å². The molecule has 0 amide bonds. The lowest BCUT2D eigenvalue weighted by molar-refractivity contribution is -0.144. The van der Waals surface area contributed by atoms with Crippen molar-refractivity contribution < 1.29 is 14.6 Å². The fraction of sp³-hybridized carbons (Fsp3) is 0.188. The summed E-state index contributed by atoms with van der Waals surface area (Å²) in [6, 6.07) is 13.1. The standard InChI is InChI=1S/C16H17NO3/c1-10-3-6-13(17)9-15(10)12-4-7-14(8-5-12)20-11(2)16(18)19/h3-9,11H,17H2,1-2H3,(H,18,19). The lowest BCUT2D eigenvalue weighted by Crippen LogP contribution is -2.22. The third kappa shape index (κ3) is 3.09. The van der Waals surface area contributed by atoms with Gasteiger partial charge in [-0.1, -0.05) is 18.2 Å². The van der Waals surface area contributed by atoms with E-state index in [1.807, 2.05) is 37.3 Å². The maximum Gasteiger partial charge on any atom is 0.344 e. The molecule has 4 nitrogen and oxygen atoms in total. The minimum Gasteiger partial charge on any atom is -0.479 e. The van der Waals surface area contributed by atoms with Crippen molar-refractivity contribution in [1.29, 1.82) is 0 Å². The van der Waals surface area contributed by atoms with Gasteiger partial charge in [-0.2, -0.15) is 0 Å². The molecule has 104 valence electrons. The number of nitrogens with two attached hydrogens (primary N) is 1. The number of carboxylic acids is 1. The van der Waals surface area contributed by atoms with Gasteiger partial charge in [0.1, 0.15) is 5.75 Å². The zero-order valence-corrected chi connectivity index (χ0v) is 11.5. The third-order valence-electron chi connectivity index (χ3n) is 3.09. The summed E-state index contributed by atoms with van der Waals surface area (Å²) in [4.78, 5) is 10.7. The van der Waals surface area contributed by atoms with E-state index in [1.54, 1.807) is 12.1 Å². The van der Waals surface area contributed by atoms with Gasteiger partial charge in [0, 0.05) is 5.69 Å². The number of nitrogen functional groups attached to an aromatic ring is 1. The van der Waals surface area contributed by atoms with Crippen LogP contribution in [-0.4, -0.2) is 17.2 Å². The number of rotatable bonds is 4. The Hall–Kier alpha value is -2.49. The second kappa shape index (κ2) is 5.65. The van der Waals surface area contributed by atoms with E-state index in [1.165, 1.54) is 6.92 Å². The number of anilines is 1. The van der Waals surface area contributed by atoms with E-state index in [0.717, 1.165) is 16.7 Å². The van der Waals surface area contributed by atoms with Crippen molar-refractivity contribution in [3.8, 4) is 16.9 Å². The highest BCUT2D eigenvalue weighted by atomic mass is 16.5. The molecular formula is C16H17NO3. The summed E-state index contributed by atoms with van der Waals surface area (Å²) in [5.74, 6) is -0.453. The van der Waals surface area contributed by atoms with Gasteiger partial charge in [-0.25, -0.2) is 4.79 Å². The van der Waals surface area contributed by atoms with E-state index in [0.29, 0.717) is 11.4 Å². The monoisotopic (exact) mass is 271 g/mol. The molecule has 0 aliphatic rings. The molecule has 0 aliphatic heterocycles. The molecule has 20 heavy (non-hydrogen) atoms. The molecule has 0 saturated heterocycles. The van der Waals surface area contributed by atoms with E-state index in [9.17, 15) is 4.79 Å². The van der Waals surface area contributed by atoms with Crippen LogP contribution in [0.15, 0.2) is 42.5 Å². The molecule has 4 heteroatoms. The number of hydrogen-bond donors (Lipinski definition) is 2. The summed E-state index contributed by atoms with van der Waals surface area (Å²) in [6.07, 6.45) is -0.866. The Morgan fingerprint density at radius 2 is 1.85 bits per heavy atom. The molecular weight excluding hydrogens is 254 g/mol. The molecule has 0 aliphatic carbocycles. The zero-order chi connectivity index (χ0) is 14.7. The maximum atomic E-state index is 10.7. The van der Waals surface area contributed by atoms with Crippen LogP contribution >= 0.6 is 0 Å². The SMILES string of the molecule is Cc1ccc(N)cc1-c1ccc(OC(C)C(=O)O)cc1. The molecule has 2 rings (SSSR count). The molecule has 1 atom stereocenters. The van der Waals surface area contributed by atoms with Crippen LogP contribution in [0.25, 0.3) is 11.1 Å². The van der Waals surface area contributed by atoms with Crippen molar-refractivity contribution in [2.75, 3.05) is 5.73 Å². The number of hydrogen-bond acceptors (Lipinski definition) is 3. The Morgan fingerprint density at radius 1 is 1.20 bits per heavy atom. The van der Waals surface area contributed by atoms with Crippen molar-refractivity contribution in [2.45, 2.75) is 20.0 Å². The topological polar surface area (TPSA) is 72.5 Å². The lowest BCUT2D eigenvalue weighted by atomic mass is 10.00. The summed E-state index contributed by atoms with van der Waals surface area (Å²) >= 11 is 0. The summed E-state index contributed by atoms with van der Waals surface area (Å²) in [7, 11) is 0. The summed E-state index contributed by atoms with van der Waals surface area (Å²) < 4.78 is 5.30. The summed E-state index contributed by atoms with van der Waals surface area (Å²) in [6.45, 7) is 3.52. The molecule has 0 fully saturated rings. The second-order valence-corrected chi connectivity index (χ2v) is 4.70. The number of carbonyl (C=O) groups is 1. The molecule has 0 spiro atoms. The molecule has 0 bridgehead atoms. The first-order valence-corrected chi connectivity index (χ1v) is 6.33. The lowest BCUT2D eigenvalue weighted by Gasteiger charge is -2.12. The van der Waals surface area contributed by atoms with Crippen LogP contribution in [0.3, 0.4) is 0 Å². The molecule has 2 aromatic carbocycles. The molecule has 0 saturated carbocycles. The Morgan fingerprint density at radius 3 is 2.45 bits per heavy atom. The zero-order valence-electron chi connectivity index (χ0n) is 11.5. The summed E-state index contributed by atoms with van der Waals surface area (Å²) in [5, 5.41) is 8.80. The van der Waals surface area contributed by atoms with Gasteiger partial charge in [0.2, 0.25) is 0 Å². The Balaban J connectivity index is 2.24. The van der Waals surface area contributed by atoms with Gasteiger partial charge in [-0.3, -0.25) is 0 Å². The minimum absolute atomic E-state index is 0.533. The average molecular weight is 271 g/mol. The fourth-order valence-electron chi connectivity index (χ4n) is 1.92. The number of aryl methyl sites for hydroxylation is 1. The van der Waals surface area contributed by atoms with Crippen molar-refractivity contribution in [3.63, 3.8) is 0 Å². The number of ether oxygens (including phenoxy) is 1. The van der Waals surface area contributed by atoms with Gasteiger partial charge in [-0.05, 0) is 54.8 Å². The van der Waals surface area contributed by atoms with Crippen molar-refractivity contribution >= 4 is 11.7 Å². The maximum absolute atomic E-state index is 10.7. The highest BCUT2D eigenvalue weighted by Gasteiger charge is 2.12. The Bertz CT molecular complexity index is 620. The van der Waals surface area contributed by atoms with Gasteiger partial charge >= 0.3 is 5.97 Å². The van der Waals surface area contributed by atoms with Crippen molar-refractivity contribution in [2.24, 2.45) is 0 Å². The molecule has 0 heterocycles.